The highest BCUT2D eigenvalue weighted by Crippen LogP contribution is 2.32. The lowest BCUT2D eigenvalue weighted by molar-refractivity contribution is -0.0799. The molecule has 0 amide bonds. The van der Waals surface area contributed by atoms with Gasteiger partial charge in [0.1, 0.15) is 22.9 Å². The van der Waals surface area contributed by atoms with Gasteiger partial charge in [0.25, 0.3) is 0 Å². The number of aromatic nitrogens is 4. The molecule has 0 bridgehead atoms. The van der Waals surface area contributed by atoms with Crippen LogP contribution in [-0.2, 0) is 11.3 Å². The second kappa shape index (κ2) is 12.7. The summed E-state index contributed by atoms with van der Waals surface area (Å²) in [5, 5.41) is 4.13. The topological polar surface area (TPSA) is 78.4 Å². The summed E-state index contributed by atoms with van der Waals surface area (Å²) >= 11 is 0. The fraction of sp³-hybridized carbons (Fsp3) is 0.483. The minimum atomic E-state index is 0. The van der Waals surface area contributed by atoms with Gasteiger partial charge in [-0.15, -0.1) is 24.8 Å². The number of fused-ring (bicyclic) bond motifs is 1. The molecule has 1 aliphatic rings. The molecule has 10 heteroatoms. The highest BCUT2D eigenvalue weighted by Gasteiger charge is 2.28. The van der Waals surface area contributed by atoms with Gasteiger partial charge in [0.15, 0.2) is 5.65 Å². The molecule has 1 saturated heterocycles. The molecule has 3 aromatic heterocycles. The molecule has 1 fully saturated rings. The number of nitrogens with zero attached hydrogens (tertiary/aromatic N) is 5. The molecular formula is C29H39Cl2N5O3. The van der Waals surface area contributed by atoms with Gasteiger partial charge < -0.3 is 18.6 Å². The van der Waals surface area contributed by atoms with E-state index in [0.29, 0.717) is 6.04 Å². The fourth-order valence-corrected chi connectivity index (χ4v) is 5.57. The number of pyridine rings is 1. The van der Waals surface area contributed by atoms with E-state index in [2.05, 4.69) is 60.5 Å². The van der Waals surface area contributed by atoms with Crippen LogP contribution in [0.15, 0.2) is 41.1 Å². The fourth-order valence-electron chi connectivity index (χ4n) is 5.57. The van der Waals surface area contributed by atoms with E-state index in [1.54, 1.807) is 7.11 Å². The molecule has 0 aliphatic carbocycles. The predicted octanol–water partition coefficient (Wildman–Crippen LogP) is 6.20. The van der Waals surface area contributed by atoms with Gasteiger partial charge in [0, 0.05) is 48.9 Å². The molecule has 4 aromatic rings. The van der Waals surface area contributed by atoms with Gasteiger partial charge in [-0.2, -0.15) is 0 Å². The number of aryl methyl sites for hydroxylation is 2. The van der Waals surface area contributed by atoms with E-state index in [1.807, 2.05) is 32.2 Å². The first-order valence-electron chi connectivity index (χ1n) is 13.1. The van der Waals surface area contributed by atoms with Crippen LogP contribution in [0, 0.1) is 13.8 Å². The number of imidazole rings is 1. The van der Waals surface area contributed by atoms with Crippen LogP contribution < -0.4 is 4.74 Å². The normalized spacial score (nSPS) is 19.3. The molecule has 0 saturated carbocycles. The largest absolute Gasteiger partial charge is 0.497 e. The number of benzene rings is 1. The minimum absolute atomic E-state index is 0. The van der Waals surface area contributed by atoms with Crippen LogP contribution in [0.25, 0.3) is 22.3 Å². The van der Waals surface area contributed by atoms with Crippen molar-refractivity contribution >= 4 is 36.0 Å². The molecule has 2 unspecified atom stereocenters. The first kappa shape index (κ1) is 30.9. The van der Waals surface area contributed by atoms with Gasteiger partial charge in [-0.1, -0.05) is 24.2 Å². The first-order chi connectivity index (χ1) is 17.7. The number of rotatable bonds is 7. The Labute approximate surface area is 242 Å². The van der Waals surface area contributed by atoms with E-state index in [4.69, 9.17) is 24.0 Å². The average molecular weight is 577 g/mol. The molecule has 212 valence electrons. The lowest BCUT2D eigenvalue weighted by Gasteiger charge is -2.39. The van der Waals surface area contributed by atoms with Crippen molar-refractivity contribution < 1.29 is 14.0 Å². The van der Waals surface area contributed by atoms with Crippen LogP contribution in [0.2, 0.25) is 0 Å². The lowest BCUT2D eigenvalue weighted by Crippen LogP contribution is -2.50. The van der Waals surface area contributed by atoms with Crippen LogP contribution in [0.4, 0.5) is 0 Å². The second-order valence-electron chi connectivity index (χ2n) is 10.4. The van der Waals surface area contributed by atoms with Gasteiger partial charge in [-0.3, -0.25) is 4.90 Å². The maximum absolute atomic E-state index is 5.98. The zero-order valence-electron chi connectivity index (χ0n) is 23.7. The second-order valence-corrected chi connectivity index (χ2v) is 10.4. The molecule has 1 aliphatic heterocycles. The summed E-state index contributed by atoms with van der Waals surface area (Å²) in [6.45, 7) is 15.3. The summed E-state index contributed by atoms with van der Waals surface area (Å²) in [5.41, 5.74) is 5.77. The van der Waals surface area contributed by atoms with Crippen molar-refractivity contribution in [2.45, 2.75) is 72.3 Å². The van der Waals surface area contributed by atoms with E-state index in [-0.39, 0.29) is 42.9 Å². The van der Waals surface area contributed by atoms with Gasteiger partial charge in [-0.05, 0) is 58.4 Å². The van der Waals surface area contributed by atoms with Crippen molar-refractivity contribution in [3.05, 3.63) is 59.4 Å². The molecule has 39 heavy (non-hydrogen) atoms. The van der Waals surface area contributed by atoms with Crippen LogP contribution in [-0.4, -0.2) is 63.0 Å². The van der Waals surface area contributed by atoms with Crippen LogP contribution in [0.1, 0.15) is 56.5 Å². The van der Waals surface area contributed by atoms with Crippen molar-refractivity contribution in [2.24, 2.45) is 0 Å². The van der Waals surface area contributed by atoms with E-state index < -0.39 is 0 Å². The van der Waals surface area contributed by atoms with Gasteiger partial charge in [0.2, 0.25) is 0 Å². The average Bonchev–Trinajstić information content (AvgIpc) is 3.41. The molecule has 0 N–H and O–H groups in total. The van der Waals surface area contributed by atoms with E-state index in [9.17, 15) is 0 Å². The zero-order chi connectivity index (χ0) is 26.3. The Kier molecular flexibility index (Phi) is 10.0. The Morgan fingerprint density at radius 3 is 2.31 bits per heavy atom. The summed E-state index contributed by atoms with van der Waals surface area (Å²) < 4.78 is 19.1. The van der Waals surface area contributed by atoms with E-state index in [0.717, 1.165) is 65.0 Å². The standard InChI is InChI=1S/C29H37N5O3.2ClH/c1-17(33-15-18(2)36-19(3)16-33)14-34-28(20(4)23-8-10-25(35-7)11-9-23)31-26-12-24(13-30-29(26)34)27-21(5)32-37-22(27)6;;/h8-13,17-20H,14-16H2,1-7H3;2*1H/t17?,18-,19+,20?;;. The molecule has 4 heterocycles. The molecule has 4 atom stereocenters. The van der Waals surface area contributed by atoms with Gasteiger partial charge in [0.05, 0.1) is 25.0 Å². The summed E-state index contributed by atoms with van der Waals surface area (Å²) in [7, 11) is 1.69. The van der Waals surface area contributed by atoms with Gasteiger partial charge >= 0.3 is 0 Å². The Hall–Kier alpha value is -2.65. The van der Waals surface area contributed by atoms with Crippen LogP contribution in [0.3, 0.4) is 0 Å². The molecule has 5 rings (SSSR count). The smallest absolute Gasteiger partial charge is 0.160 e. The molecule has 8 nitrogen and oxygen atoms in total. The Morgan fingerprint density at radius 2 is 1.72 bits per heavy atom. The molecular weight excluding hydrogens is 537 g/mol. The minimum Gasteiger partial charge on any atom is -0.497 e. The van der Waals surface area contributed by atoms with E-state index >= 15 is 0 Å². The zero-order valence-corrected chi connectivity index (χ0v) is 25.3. The van der Waals surface area contributed by atoms with Crippen LogP contribution in [0.5, 0.6) is 5.75 Å². The van der Waals surface area contributed by atoms with Crippen LogP contribution >= 0.6 is 24.8 Å². The van der Waals surface area contributed by atoms with Crippen molar-refractivity contribution in [3.8, 4) is 16.9 Å². The molecule has 0 spiro atoms. The molecule has 0 radical (unpaired) electrons. The summed E-state index contributed by atoms with van der Waals surface area (Å²) in [6, 6.07) is 10.7. The highest BCUT2D eigenvalue weighted by molar-refractivity contribution is 5.85. The monoisotopic (exact) mass is 575 g/mol. The van der Waals surface area contributed by atoms with Crippen molar-refractivity contribution in [3.63, 3.8) is 0 Å². The summed E-state index contributed by atoms with van der Waals surface area (Å²) in [4.78, 5) is 12.6. The number of morpholine rings is 1. The van der Waals surface area contributed by atoms with Crippen molar-refractivity contribution in [2.75, 3.05) is 20.2 Å². The third kappa shape index (κ3) is 6.24. The Morgan fingerprint density at radius 1 is 1.05 bits per heavy atom. The van der Waals surface area contributed by atoms with Crippen molar-refractivity contribution in [1.29, 1.82) is 0 Å². The van der Waals surface area contributed by atoms with Crippen molar-refractivity contribution in [1.82, 2.24) is 24.6 Å². The first-order valence-corrected chi connectivity index (χ1v) is 13.1. The summed E-state index contributed by atoms with van der Waals surface area (Å²) in [6.07, 6.45) is 2.36. The lowest BCUT2D eigenvalue weighted by atomic mass is 10.00. The number of hydrogen-bond donors (Lipinski definition) is 0. The Bertz CT molecular complexity index is 1360. The maximum atomic E-state index is 5.98. The quantitative estimate of drug-likeness (QED) is 0.259. The third-order valence-corrected chi connectivity index (χ3v) is 7.46. The Balaban J connectivity index is 0.00000210. The number of hydrogen-bond acceptors (Lipinski definition) is 7. The highest BCUT2D eigenvalue weighted by atomic mass is 35.5. The third-order valence-electron chi connectivity index (χ3n) is 7.46. The SMILES string of the molecule is COc1ccc(C(C)c2nc3cc(-c4c(C)noc4C)cnc3n2CC(C)N2C[C@@H](C)O[C@@H](C)C2)cc1.Cl.Cl. The maximum Gasteiger partial charge on any atom is 0.160 e. The predicted molar refractivity (Wildman–Crippen MR) is 159 cm³/mol. The van der Waals surface area contributed by atoms with Gasteiger partial charge in [-0.25, -0.2) is 9.97 Å². The number of halogens is 2. The number of methoxy groups -OCH3 is 1. The van der Waals surface area contributed by atoms with E-state index in [1.165, 1.54) is 5.56 Å². The molecule has 1 aromatic carbocycles. The summed E-state index contributed by atoms with van der Waals surface area (Å²) in [5.74, 6) is 2.72. The number of ether oxygens (including phenoxy) is 2.